The van der Waals surface area contributed by atoms with Crippen molar-refractivity contribution >= 4 is 11.8 Å². The summed E-state index contributed by atoms with van der Waals surface area (Å²) in [7, 11) is 1.54. The predicted octanol–water partition coefficient (Wildman–Crippen LogP) is -1.69. The zero-order valence-corrected chi connectivity index (χ0v) is 8.86. The Balaban J connectivity index is 2.65. The van der Waals surface area contributed by atoms with Gasteiger partial charge in [-0.05, 0) is 0 Å². The molecule has 1 heterocycles. The van der Waals surface area contributed by atoms with Crippen LogP contribution in [0.2, 0.25) is 0 Å². The van der Waals surface area contributed by atoms with Crippen LogP contribution in [0.4, 0.5) is 0 Å². The van der Waals surface area contributed by atoms with Gasteiger partial charge in [-0.3, -0.25) is 9.59 Å². The molecule has 6 nitrogen and oxygen atoms in total. The second-order valence-corrected chi connectivity index (χ2v) is 3.33. The molecule has 15 heavy (non-hydrogen) atoms. The van der Waals surface area contributed by atoms with Gasteiger partial charge in [0, 0.05) is 26.6 Å². The normalized spacial score (nSPS) is 21.2. The molecule has 0 aliphatic carbocycles. The van der Waals surface area contributed by atoms with Gasteiger partial charge >= 0.3 is 0 Å². The van der Waals surface area contributed by atoms with Gasteiger partial charge in [-0.15, -0.1) is 0 Å². The Morgan fingerprint density at radius 1 is 1.60 bits per heavy atom. The van der Waals surface area contributed by atoms with Crippen LogP contribution in [0.3, 0.4) is 0 Å². The van der Waals surface area contributed by atoms with E-state index in [2.05, 4.69) is 5.32 Å². The van der Waals surface area contributed by atoms with E-state index in [-0.39, 0.29) is 24.8 Å². The van der Waals surface area contributed by atoms with E-state index in [1.54, 1.807) is 7.05 Å². The Labute approximate surface area is 88.7 Å². The van der Waals surface area contributed by atoms with E-state index in [0.29, 0.717) is 19.7 Å². The monoisotopic (exact) mass is 215 g/mol. The highest BCUT2D eigenvalue weighted by atomic mass is 16.5. The number of nitrogens with one attached hydrogen (secondary N) is 1. The highest BCUT2D eigenvalue weighted by Gasteiger charge is 2.31. The Morgan fingerprint density at radius 2 is 2.33 bits per heavy atom. The van der Waals surface area contributed by atoms with Crippen molar-refractivity contribution in [2.45, 2.75) is 12.5 Å². The van der Waals surface area contributed by atoms with Gasteiger partial charge in [-0.2, -0.15) is 0 Å². The van der Waals surface area contributed by atoms with Crippen LogP contribution in [0, 0.1) is 0 Å². The SMILES string of the molecule is CNC(=O)C1COCCN1C(=O)CCN. The molecule has 0 aromatic heterocycles. The maximum atomic E-state index is 11.6. The van der Waals surface area contributed by atoms with Gasteiger partial charge < -0.3 is 20.7 Å². The summed E-state index contributed by atoms with van der Waals surface area (Å²) in [6.07, 6.45) is 0.271. The number of hydrogen-bond acceptors (Lipinski definition) is 4. The molecule has 0 aromatic rings. The minimum atomic E-state index is -0.511. The average molecular weight is 215 g/mol. The third-order valence-electron chi connectivity index (χ3n) is 2.36. The standard InChI is InChI=1S/C9H17N3O3/c1-11-9(14)7-6-15-5-4-12(7)8(13)2-3-10/h7H,2-6,10H2,1H3,(H,11,14). The number of nitrogens with two attached hydrogens (primary N) is 1. The summed E-state index contributed by atoms with van der Waals surface area (Å²) in [5.74, 6) is -0.283. The smallest absolute Gasteiger partial charge is 0.244 e. The molecule has 0 saturated carbocycles. The number of carbonyl (C=O) groups is 2. The van der Waals surface area contributed by atoms with Gasteiger partial charge in [-0.1, -0.05) is 0 Å². The first-order valence-corrected chi connectivity index (χ1v) is 4.99. The van der Waals surface area contributed by atoms with Gasteiger partial charge in [0.25, 0.3) is 0 Å². The van der Waals surface area contributed by atoms with Gasteiger partial charge in [0.05, 0.1) is 13.2 Å². The van der Waals surface area contributed by atoms with E-state index in [4.69, 9.17) is 10.5 Å². The van der Waals surface area contributed by atoms with Crippen molar-refractivity contribution in [3.05, 3.63) is 0 Å². The number of morpholine rings is 1. The quantitative estimate of drug-likeness (QED) is 0.588. The zero-order valence-electron chi connectivity index (χ0n) is 8.86. The predicted molar refractivity (Wildman–Crippen MR) is 54.1 cm³/mol. The van der Waals surface area contributed by atoms with E-state index in [9.17, 15) is 9.59 Å². The van der Waals surface area contributed by atoms with Crippen LogP contribution in [0.1, 0.15) is 6.42 Å². The first kappa shape index (κ1) is 11.9. The molecule has 86 valence electrons. The Hall–Kier alpha value is -1.14. The molecule has 1 fully saturated rings. The van der Waals surface area contributed by atoms with Crippen LogP contribution in [-0.2, 0) is 14.3 Å². The zero-order chi connectivity index (χ0) is 11.3. The number of amides is 2. The van der Waals surface area contributed by atoms with Crippen molar-refractivity contribution in [3.63, 3.8) is 0 Å². The summed E-state index contributed by atoms with van der Waals surface area (Å²) in [4.78, 5) is 24.6. The molecule has 6 heteroatoms. The fourth-order valence-corrected chi connectivity index (χ4v) is 1.55. The summed E-state index contributed by atoms with van der Waals surface area (Å²) in [5, 5.41) is 2.52. The second kappa shape index (κ2) is 5.67. The van der Waals surface area contributed by atoms with Crippen LogP contribution < -0.4 is 11.1 Å². The highest BCUT2D eigenvalue weighted by Crippen LogP contribution is 2.08. The molecule has 1 unspecified atom stereocenters. The van der Waals surface area contributed by atoms with Gasteiger partial charge in [0.2, 0.25) is 11.8 Å². The summed E-state index contributed by atoms with van der Waals surface area (Å²) in [5.41, 5.74) is 5.31. The molecule has 1 aliphatic heterocycles. The fourth-order valence-electron chi connectivity index (χ4n) is 1.55. The Bertz CT molecular complexity index is 245. The molecule has 1 atom stereocenters. The second-order valence-electron chi connectivity index (χ2n) is 3.33. The molecular weight excluding hydrogens is 198 g/mol. The van der Waals surface area contributed by atoms with Crippen molar-refractivity contribution in [2.75, 3.05) is 33.4 Å². The van der Waals surface area contributed by atoms with Gasteiger partial charge in [0.1, 0.15) is 6.04 Å². The van der Waals surface area contributed by atoms with Crippen LogP contribution in [0.25, 0.3) is 0 Å². The number of carbonyl (C=O) groups excluding carboxylic acids is 2. The Morgan fingerprint density at radius 3 is 2.93 bits per heavy atom. The average Bonchev–Trinajstić information content (AvgIpc) is 2.28. The summed E-state index contributed by atoms with van der Waals surface area (Å²) < 4.78 is 5.18. The number of likely N-dealkylation sites (N-methyl/N-ethyl adjacent to an activating group) is 1. The third-order valence-corrected chi connectivity index (χ3v) is 2.36. The van der Waals surface area contributed by atoms with Crippen LogP contribution >= 0.6 is 0 Å². The van der Waals surface area contributed by atoms with Crippen molar-refractivity contribution in [1.29, 1.82) is 0 Å². The van der Waals surface area contributed by atoms with E-state index in [0.717, 1.165) is 0 Å². The Kier molecular flexibility index (Phi) is 4.51. The molecule has 1 aliphatic rings. The van der Waals surface area contributed by atoms with E-state index in [1.807, 2.05) is 0 Å². The number of hydrogen-bond donors (Lipinski definition) is 2. The largest absolute Gasteiger partial charge is 0.377 e. The lowest BCUT2D eigenvalue weighted by Crippen LogP contribution is -2.55. The van der Waals surface area contributed by atoms with E-state index < -0.39 is 6.04 Å². The number of rotatable bonds is 3. The van der Waals surface area contributed by atoms with Crippen molar-refractivity contribution in [3.8, 4) is 0 Å². The maximum absolute atomic E-state index is 11.6. The van der Waals surface area contributed by atoms with Crippen LogP contribution in [-0.4, -0.2) is 56.1 Å². The topological polar surface area (TPSA) is 84.7 Å². The lowest BCUT2D eigenvalue weighted by Gasteiger charge is -2.34. The molecule has 1 rings (SSSR count). The van der Waals surface area contributed by atoms with Gasteiger partial charge in [0.15, 0.2) is 0 Å². The summed E-state index contributed by atoms with van der Waals surface area (Å²) in [6.45, 7) is 1.49. The van der Waals surface area contributed by atoms with Crippen LogP contribution in [0.5, 0.6) is 0 Å². The minimum absolute atomic E-state index is 0.0885. The van der Waals surface area contributed by atoms with E-state index in [1.165, 1.54) is 4.90 Å². The summed E-state index contributed by atoms with van der Waals surface area (Å²) >= 11 is 0. The number of nitrogens with zero attached hydrogens (tertiary/aromatic N) is 1. The first-order valence-electron chi connectivity index (χ1n) is 4.99. The molecule has 0 spiro atoms. The fraction of sp³-hybridized carbons (Fsp3) is 0.778. The molecule has 0 aromatic carbocycles. The highest BCUT2D eigenvalue weighted by molar-refractivity contribution is 5.87. The van der Waals surface area contributed by atoms with Crippen molar-refractivity contribution < 1.29 is 14.3 Å². The summed E-state index contributed by atoms with van der Waals surface area (Å²) in [6, 6.07) is -0.511. The molecule has 0 radical (unpaired) electrons. The molecular formula is C9H17N3O3. The first-order chi connectivity index (χ1) is 7.20. The van der Waals surface area contributed by atoms with Crippen molar-refractivity contribution in [2.24, 2.45) is 5.73 Å². The van der Waals surface area contributed by atoms with Gasteiger partial charge in [-0.25, -0.2) is 0 Å². The molecule has 3 N–H and O–H groups in total. The molecule has 1 saturated heterocycles. The lowest BCUT2D eigenvalue weighted by molar-refractivity contribution is -0.148. The van der Waals surface area contributed by atoms with E-state index >= 15 is 0 Å². The minimum Gasteiger partial charge on any atom is -0.377 e. The maximum Gasteiger partial charge on any atom is 0.244 e. The lowest BCUT2D eigenvalue weighted by atomic mass is 10.2. The molecule has 2 amide bonds. The number of ether oxygens (including phenoxy) is 1. The van der Waals surface area contributed by atoms with Crippen LogP contribution in [0.15, 0.2) is 0 Å². The van der Waals surface area contributed by atoms with Crippen molar-refractivity contribution in [1.82, 2.24) is 10.2 Å². The third kappa shape index (κ3) is 2.90. The molecule has 0 bridgehead atoms.